The molecule has 0 aromatic heterocycles. The van der Waals surface area contributed by atoms with Gasteiger partial charge in [0.1, 0.15) is 0 Å². The minimum absolute atomic E-state index is 0. The molecule has 2 saturated heterocycles. The molecule has 1 spiro atoms. The maximum atomic E-state index is 12.4. The summed E-state index contributed by atoms with van der Waals surface area (Å²) in [5.74, 6) is 0.585. The van der Waals surface area contributed by atoms with Gasteiger partial charge in [0.05, 0.1) is 0 Å². The third-order valence-corrected chi connectivity index (χ3v) is 6.55. The molecule has 2 heterocycles. The molecule has 0 radical (unpaired) electrons. The maximum absolute atomic E-state index is 12.4. The zero-order valence-corrected chi connectivity index (χ0v) is 19.4. The van der Waals surface area contributed by atoms with E-state index in [0.29, 0.717) is 11.3 Å². The number of carbonyl (C=O) groups is 1. The summed E-state index contributed by atoms with van der Waals surface area (Å²) >= 11 is 0. The summed E-state index contributed by atoms with van der Waals surface area (Å²) in [6.45, 7) is 9.40. The van der Waals surface area contributed by atoms with Gasteiger partial charge in [0.15, 0.2) is 0 Å². The number of amides is 1. The monoisotopic (exact) mass is 464 g/mol. The van der Waals surface area contributed by atoms with Crippen molar-refractivity contribution >= 4 is 43.1 Å². The number of nitrogens with one attached hydrogen (secondary N) is 2. The molecule has 1 unspecified atom stereocenters. The van der Waals surface area contributed by atoms with Crippen LogP contribution in [-0.2, 0) is 11.3 Å². The average molecular weight is 466 g/mol. The largest absolute Gasteiger partial charge is 0.355 e. The molecule has 1 atom stereocenters. The lowest BCUT2D eigenvalue weighted by Crippen LogP contribution is -2.48. The first-order chi connectivity index (χ1) is 12.8. The fourth-order valence-electron chi connectivity index (χ4n) is 4.67. The Morgan fingerprint density at radius 3 is 2.28 bits per heavy atom. The topological polar surface area (TPSA) is 47.6 Å². The molecule has 1 amide bonds. The van der Waals surface area contributed by atoms with Crippen LogP contribution in [0.1, 0.15) is 24.8 Å². The van der Waals surface area contributed by atoms with Crippen molar-refractivity contribution in [1.29, 1.82) is 0 Å². The summed E-state index contributed by atoms with van der Waals surface area (Å²) in [6.07, 6.45) is 3.46. The molecule has 1 aliphatic carbocycles. The first-order valence-electron chi connectivity index (χ1n) is 10.2. The average Bonchev–Trinajstić information content (AvgIpc) is 3.37. The summed E-state index contributed by atoms with van der Waals surface area (Å²) < 4.78 is 0. The van der Waals surface area contributed by atoms with Crippen LogP contribution < -0.4 is 10.6 Å². The molecule has 1 saturated carbocycles. The second-order valence-electron chi connectivity index (χ2n) is 8.26. The third-order valence-electron chi connectivity index (χ3n) is 6.55. The summed E-state index contributed by atoms with van der Waals surface area (Å²) in [5.41, 5.74) is 1.74. The standard InChI is InChI=1S/C21H32N4O.3ClH/c26-20(19-16-21(19)6-8-22-9-7-21)23-10-11-24-12-14-25(15-13-24)17-18-4-2-1-3-5-18;;;/h1-5,19,22H,6-17H2,(H,23,26);3*1H. The van der Waals surface area contributed by atoms with Gasteiger partial charge in [-0.15, -0.1) is 37.2 Å². The summed E-state index contributed by atoms with van der Waals surface area (Å²) in [7, 11) is 0. The number of carbonyl (C=O) groups excluding carboxylic acids is 1. The van der Waals surface area contributed by atoms with Gasteiger partial charge >= 0.3 is 0 Å². The Bertz CT molecular complexity index is 605. The SMILES string of the molecule is Cl.Cl.Cl.O=C(NCCN1CCN(Cc2ccccc2)CC1)C1CC12CCNCC2. The number of benzene rings is 1. The van der Waals surface area contributed by atoms with Crippen molar-refractivity contribution < 1.29 is 4.79 Å². The van der Waals surface area contributed by atoms with Gasteiger partial charge in [-0.3, -0.25) is 14.6 Å². The van der Waals surface area contributed by atoms with Crippen LogP contribution in [0, 0.1) is 11.3 Å². The number of piperidine rings is 1. The van der Waals surface area contributed by atoms with Crippen LogP contribution in [0.2, 0.25) is 0 Å². The Morgan fingerprint density at radius 1 is 1.00 bits per heavy atom. The van der Waals surface area contributed by atoms with Gasteiger partial charge in [-0.05, 0) is 43.3 Å². The first kappa shape index (κ1) is 26.5. The highest BCUT2D eigenvalue weighted by Gasteiger charge is 2.57. The predicted octanol–water partition coefficient (Wildman–Crippen LogP) is 2.58. The highest BCUT2D eigenvalue weighted by Crippen LogP contribution is 2.58. The first-order valence-corrected chi connectivity index (χ1v) is 10.2. The molecule has 29 heavy (non-hydrogen) atoms. The number of piperazine rings is 1. The van der Waals surface area contributed by atoms with Crippen LogP contribution in [0.4, 0.5) is 0 Å². The van der Waals surface area contributed by atoms with Crippen molar-refractivity contribution in [3.05, 3.63) is 35.9 Å². The molecular weight excluding hydrogens is 431 g/mol. The van der Waals surface area contributed by atoms with E-state index in [1.54, 1.807) is 0 Å². The summed E-state index contributed by atoms with van der Waals surface area (Å²) in [6, 6.07) is 10.7. The van der Waals surface area contributed by atoms with Gasteiger partial charge in [-0.2, -0.15) is 0 Å². The minimum atomic E-state index is 0. The lowest BCUT2D eigenvalue weighted by Gasteiger charge is -2.34. The van der Waals surface area contributed by atoms with E-state index in [0.717, 1.165) is 65.3 Å². The van der Waals surface area contributed by atoms with Crippen molar-refractivity contribution in [3.8, 4) is 0 Å². The molecule has 8 heteroatoms. The van der Waals surface area contributed by atoms with Gasteiger partial charge < -0.3 is 10.6 Å². The predicted molar refractivity (Wildman–Crippen MR) is 126 cm³/mol. The van der Waals surface area contributed by atoms with Crippen LogP contribution in [0.3, 0.4) is 0 Å². The number of hydrogen-bond donors (Lipinski definition) is 2. The Kier molecular flexibility index (Phi) is 11.3. The lowest BCUT2D eigenvalue weighted by atomic mass is 9.92. The zero-order valence-electron chi connectivity index (χ0n) is 17.0. The van der Waals surface area contributed by atoms with Crippen molar-refractivity contribution in [2.45, 2.75) is 25.8 Å². The fourth-order valence-corrected chi connectivity index (χ4v) is 4.67. The molecule has 1 aromatic carbocycles. The van der Waals surface area contributed by atoms with E-state index in [1.807, 2.05) is 0 Å². The highest BCUT2D eigenvalue weighted by atomic mass is 35.5. The van der Waals surface area contributed by atoms with Crippen molar-refractivity contribution in [3.63, 3.8) is 0 Å². The van der Waals surface area contributed by atoms with Crippen molar-refractivity contribution in [1.82, 2.24) is 20.4 Å². The quantitative estimate of drug-likeness (QED) is 0.678. The number of hydrogen-bond acceptors (Lipinski definition) is 4. The summed E-state index contributed by atoms with van der Waals surface area (Å²) in [4.78, 5) is 17.4. The smallest absolute Gasteiger partial charge is 0.223 e. The molecule has 2 aliphatic heterocycles. The number of halogens is 3. The van der Waals surface area contributed by atoms with Crippen molar-refractivity contribution in [2.75, 3.05) is 52.4 Å². The highest BCUT2D eigenvalue weighted by molar-refractivity contribution is 5.86. The van der Waals surface area contributed by atoms with E-state index in [-0.39, 0.29) is 43.1 Å². The van der Waals surface area contributed by atoms with E-state index >= 15 is 0 Å². The van der Waals surface area contributed by atoms with Gasteiger partial charge in [-0.1, -0.05) is 30.3 Å². The van der Waals surface area contributed by atoms with Crippen LogP contribution in [0.25, 0.3) is 0 Å². The van der Waals surface area contributed by atoms with Gasteiger partial charge in [0.2, 0.25) is 5.91 Å². The molecule has 3 aliphatic rings. The molecule has 1 aromatic rings. The summed E-state index contributed by atoms with van der Waals surface area (Å²) in [5, 5.41) is 6.60. The Morgan fingerprint density at radius 2 is 1.62 bits per heavy atom. The van der Waals surface area contributed by atoms with Gasteiger partial charge in [0.25, 0.3) is 0 Å². The van der Waals surface area contributed by atoms with E-state index in [2.05, 4.69) is 50.8 Å². The van der Waals surface area contributed by atoms with Crippen LogP contribution >= 0.6 is 37.2 Å². The normalized spacial score (nSPS) is 23.2. The van der Waals surface area contributed by atoms with Crippen LogP contribution in [-0.4, -0.2) is 68.1 Å². The molecular formula is C21H35Cl3N4O. The van der Waals surface area contributed by atoms with Crippen LogP contribution in [0.5, 0.6) is 0 Å². The Hall–Kier alpha value is -0.560. The molecule has 166 valence electrons. The van der Waals surface area contributed by atoms with Gasteiger partial charge in [0, 0.05) is 51.7 Å². The van der Waals surface area contributed by atoms with Crippen LogP contribution in [0.15, 0.2) is 30.3 Å². The van der Waals surface area contributed by atoms with Gasteiger partial charge in [-0.25, -0.2) is 0 Å². The number of rotatable bonds is 6. The van der Waals surface area contributed by atoms with E-state index in [1.165, 1.54) is 18.4 Å². The fraction of sp³-hybridized carbons (Fsp3) is 0.667. The molecule has 5 nitrogen and oxygen atoms in total. The Labute approximate surface area is 193 Å². The zero-order chi connectivity index (χ0) is 17.8. The molecule has 4 rings (SSSR count). The van der Waals surface area contributed by atoms with Crippen molar-refractivity contribution in [2.24, 2.45) is 11.3 Å². The molecule has 3 fully saturated rings. The Balaban J connectivity index is 0.00000140. The third kappa shape index (κ3) is 6.98. The maximum Gasteiger partial charge on any atom is 0.223 e. The van der Waals surface area contributed by atoms with E-state index in [4.69, 9.17) is 0 Å². The molecule has 2 N–H and O–H groups in total. The second kappa shape index (κ2) is 12.3. The second-order valence-corrected chi connectivity index (χ2v) is 8.26. The van der Waals surface area contributed by atoms with E-state index < -0.39 is 0 Å². The lowest BCUT2D eigenvalue weighted by molar-refractivity contribution is -0.123. The number of nitrogens with zero attached hydrogens (tertiary/aromatic N) is 2. The van der Waals surface area contributed by atoms with E-state index in [9.17, 15) is 4.79 Å². The minimum Gasteiger partial charge on any atom is -0.355 e. The molecule has 0 bridgehead atoms.